The van der Waals surface area contributed by atoms with Crippen LogP contribution in [0.25, 0.3) is 0 Å². The van der Waals surface area contributed by atoms with E-state index in [1.165, 1.54) is 22.9 Å². The molecule has 3 rings (SSSR count). The van der Waals surface area contributed by atoms with Crippen molar-refractivity contribution in [3.05, 3.63) is 52.5 Å². The van der Waals surface area contributed by atoms with E-state index in [4.69, 9.17) is 0 Å². The van der Waals surface area contributed by atoms with E-state index in [0.29, 0.717) is 5.41 Å². The fraction of sp³-hybridized carbons (Fsp3) is 0.357. The Hall–Kier alpha value is -1.13. The molecule has 3 nitrogen and oxygen atoms in total. The van der Waals surface area contributed by atoms with E-state index >= 15 is 0 Å². The summed E-state index contributed by atoms with van der Waals surface area (Å²) in [4.78, 5) is 7.33. The Kier molecular flexibility index (Phi) is 3.22. The minimum absolute atomic E-state index is 0.326. The van der Waals surface area contributed by atoms with Crippen molar-refractivity contribution in [1.29, 1.82) is 0 Å². The van der Waals surface area contributed by atoms with Gasteiger partial charge < -0.3 is 10.3 Å². The first kappa shape index (κ1) is 11.9. The molecule has 1 aromatic heterocycles. The van der Waals surface area contributed by atoms with Crippen LogP contribution in [0.3, 0.4) is 0 Å². The van der Waals surface area contributed by atoms with E-state index in [2.05, 4.69) is 55.5 Å². The number of aromatic amines is 1. The number of benzene rings is 1. The molecule has 18 heavy (non-hydrogen) atoms. The first-order valence-corrected chi connectivity index (χ1v) is 7.03. The molecule has 2 N–H and O–H groups in total. The summed E-state index contributed by atoms with van der Waals surface area (Å²) >= 11 is 3.66. The van der Waals surface area contributed by atoms with Crippen molar-refractivity contribution in [3.63, 3.8) is 0 Å². The molecule has 0 atom stereocenters. The van der Waals surface area contributed by atoms with Crippen molar-refractivity contribution in [2.24, 2.45) is 0 Å². The highest BCUT2D eigenvalue weighted by Crippen LogP contribution is 2.49. The van der Waals surface area contributed by atoms with Gasteiger partial charge in [0.25, 0.3) is 0 Å². The Morgan fingerprint density at radius 1 is 1.33 bits per heavy atom. The molecule has 2 aromatic rings. The Bertz CT molecular complexity index is 518. The van der Waals surface area contributed by atoms with Gasteiger partial charge in [-0.25, -0.2) is 4.98 Å². The number of hydrogen-bond acceptors (Lipinski definition) is 2. The van der Waals surface area contributed by atoms with Crippen LogP contribution >= 0.6 is 15.9 Å². The quantitative estimate of drug-likeness (QED) is 0.891. The van der Waals surface area contributed by atoms with Crippen LogP contribution in [0, 0.1) is 0 Å². The summed E-state index contributed by atoms with van der Waals surface area (Å²) in [7, 11) is 0. The van der Waals surface area contributed by atoms with E-state index in [1.54, 1.807) is 6.20 Å². The molecule has 94 valence electrons. The molecular formula is C14H16BrN3. The molecule has 1 aromatic carbocycles. The normalized spacial score (nSPS) is 16.7. The van der Waals surface area contributed by atoms with Crippen LogP contribution in [-0.4, -0.2) is 16.5 Å². The third kappa shape index (κ3) is 2.35. The first-order valence-electron chi connectivity index (χ1n) is 6.24. The summed E-state index contributed by atoms with van der Waals surface area (Å²) in [6.07, 6.45) is 6.18. The molecule has 1 aliphatic rings. The lowest BCUT2D eigenvalue weighted by molar-refractivity contribution is 0.563. The Labute approximate surface area is 115 Å². The smallest absolute Gasteiger partial charge is 0.120 e. The van der Waals surface area contributed by atoms with Crippen molar-refractivity contribution in [2.75, 3.05) is 6.54 Å². The maximum atomic E-state index is 4.22. The molecule has 0 bridgehead atoms. The van der Waals surface area contributed by atoms with E-state index in [0.717, 1.165) is 18.9 Å². The van der Waals surface area contributed by atoms with Gasteiger partial charge in [-0.2, -0.15) is 0 Å². The molecule has 0 unspecified atom stereocenters. The third-order valence-electron chi connectivity index (χ3n) is 3.61. The molecule has 0 saturated heterocycles. The monoisotopic (exact) mass is 305 g/mol. The van der Waals surface area contributed by atoms with Crippen molar-refractivity contribution in [3.8, 4) is 0 Å². The molecule has 0 spiro atoms. The summed E-state index contributed by atoms with van der Waals surface area (Å²) in [6, 6.07) is 8.54. The fourth-order valence-electron chi connectivity index (χ4n) is 2.40. The highest BCUT2D eigenvalue weighted by molar-refractivity contribution is 9.10. The van der Waals surface area contributed by atoms with Crippen LogP contribution in [0.15, 0.2) is 41.1 Å². The second kappa shape index (κ2) is 4.86. The lowest BCUT2D eigenvalue weighted by Crippen LogP contribution is -2.27. The SMILES string of the molecule is Brc1ccccc1C1(CNCc2ncc[nH]2)CC1. The number of imidazole rings is 1. The lowest BCUT2D eigenvalue weighted by atomic mass is 9.96. The van der Waals surface area contributed by atoms with Crippen molar-refractivity contribution in [2.45, 2.75) is 24.8 Å². The number of H-pyrrole nitrogens is 1. The zero-order chi connectivity index (χ0) is 12.4. The van der Waals surface area contributed by atoms with Crippen molar-refractivity contribution in [1.82, 2.24) is 15.3 Å². The first-order chi connectivity index (χ1) is 8.80. The predicted octanol–water partition coefficient (Wildman–Crippen LogP) is 2.99. The van der Waals surface area contributed by atoms with Crippen LogP contribution in [0.2, 0.25) is 0 Å². The fourth-order valence-corrected chi connectivity index (χ4v) is 3.10. The molecule has 0 radical (unpaired) electrons. The van der Waals surface area contributed by atoms with E-state index in [-0.39, 0.29) is 0 Å². The summed E-state index contributed by atoms with van der Waals surface area (Å²) < 4.78 is 1.22. The number of aromatic nitrogens is 2. The zero-order valence-electron chi connectivity index (χ0n) is 10.1. The summed E-state index contributed by atoms with van der Waals surface area (Å²) in [5.74, 6) is 0.998. The number of nitrogens with zero attached hydrogens (tertiary/aromatic N) is 1. The van der Waals surface area contributed by atoms with Gasteiger partial charge in [0.05, 0.1) is 6.54 Å². The number of hydrogen-bond donors (Lipinski definition) is 2. The lowest BCUT2D eigenvalue weighted by Gasteiger charge is -2.17. The minimum Gasteiger partial charge on any atom is -0.348 e. The second-order valence-electron chi connectivity index (χ2n) is 4.90. The average Bonchev–Trinajstić information content (AvgIpc) is 2.97. The van der Waals surface area contributed by atoms with E-state index in [1.807, 2.05) is 6.20 Å². The molecule has 4 heteroatoms. The Morgan fingerprint density at radius 2 is 2.17 bits per heavy atom. The molecular weight excluding hydrogens is 290 g/mol. The average molecular weight is 306 g/mol. The summed E-state index contributed by atoms with van der Waals surface area (Å²) in [5.41, 5.74) is 1.75. The number of rotatable bonds is 5. The molecule has 0 aliphatic heterocycles. The maximum absolute atomic E-state index is 4.22. The summed E-state index contributed by atoms with van der Waals surface area (Å²) in [6.45, 7) is 1.81. The van der Waals surface area contributed by atoms with Crippen LogP contribution in [-0.2, 0) is 12.0 Å². The van der Waals surface area contributed by atoms with Crippen molar-refractivity contribution >= 4 is 15.9 Å². The van der Waals surface area contributed by atoms with Gasteiger partial charge in [-0.1, -0.05) is 34.1 Å². The zero-order valence-corrected chi connectivity index (χ0v) is 11.7. The number of halogens is 1. The second-order valence-corrected chi connectivity index (χ2v) is 5.75. The Balaban J connectivity index is 1.64. The van der Waals surface area contributed by atoms with Gasteiger partial charge in [-0.3, -0.25) is 0 Å². The van der Waals surface area contributed by atoms with Crippen LogP contribution in [0.5, 0.6) is 0 Å². The molecule has 1 saturated carbocycles. The van der Waals surface area contributed by atoms with Gasteiger partial charge in [-0.15, -0.1) is 0 Å². The predicted molar refractivity (Wildman–Crippen MR) is 75.3 cm³/mol. The summed E-state index contributed by atoms with van der Waals surface area (Å²) in [5, 5.41) is 3.50. The van der Waals surface area contributed by atoms with Crippen molar-refractivity contribution < 1.29 is 0 Å². The maximum Gasteiger partial charge on any atom is 0.120 e. The minimum atomic E-state index is 0.326. The standard InChI is InChI=1S/C14H16BrN3/c15-12-4-2-1-3-11(12)14(5-6-14)10-16-9-13-17-7-8-18-13/h1-4,7-8,16H,5-6,9-10H2,(H,17,18). The largest absolute Gasteiger partial charge is 0.348 e. The topological polar surface area (TPSA) is 40.7 Å². The molecule has 1 aliphatic carbocycles. The Morgan fingerprint density at radius 3 is 2.83 bits per heavy atom. The number of nitrogens with one attached hydrogen (secondary N) is 2. The van der Waals surface area contributed by atoms with E-state index < -0.39 is 0 Å². The highest BCUT2D eigenvalue weighted by Gasteiger charge is 2.44. The highest BCUT2D eigenvalue weighted by atomic mass is 79.9. The molecule has 1 heterocycles. The van der Waals surface area contributed by atoms with E-state index in [9.17, 15) is 0 Å². The van der Waals surface area contributed by atoms with Gasteiger partial charge >= 0.3 is 0 Å². The van der Waals surface area contributed by atoms with Gasteiger partial charge in [0.15, 0.2) is 0 Å². The van der Waals surface area contributed by atoms with Crippen LogP contribution < -0.4 is 5.32 Å². The van der Waals surface area contributed by atoms with Gasteiger partial charge in [0, 0.05) is 28.8 Å². The van der Waals surface area contributed by atoms with Crippen LogP contribution in [0.4, 0.5) is 0 Å². The molecule has 0 amide bonds. The van der Waals surface area contributed by atoms with Crippen LogP contribution in [0.1, 0.15) is 24.2 Å². The van der Waals surface area contributed by atoms with Gasteiger partial charge in [-0.05, 0) is 24.5 Å². The van der Waals surface area contributed by atoms with Gasteiger partial charge in [0.2, 0.25) is 0 Å². The van der Waals surface area contributed by atoms with Gasteiger partial charge in [0.1, 0.15) is 5.82 Å². The third-order valence-corrected chi connectivity index (χ3v) is 4.30. The molecule has 1 fully saturated rings.